The summed E-state index contributed by atoms with van der Waals surface area (Å²) < 4.78 is 30.4. The summed E-state index contributed by atoms with van der Waals surface area (Å²) in [5.74, 6) is -0.115. The van der Waals surface area contributed by atoms with Gasteiger partial charge < -0.3 is 9.64 Å². The number of alkyl halides is 3. The lowest BCUT2D eigenvalue weighted by Gasteiger charge is -2.24. The Labute approximate surface area is 118 Å². The van der Waals surface area contributed by atoms with E-state index in [1.165, 1.54) is 4.90 Å². The molecule has 0 radical (unpaired) electrons. The normalized spacial score (nSPS) is 17.2. The van der Waals surface area contributed by atoms with Gasteiger partial charge in [-0.15, -0.1) is 0 Å². The molecule has 1 aliphatic rings. The van der Waals surface area contributed by atoms with E-state index in [1.807, 2.05) is 12.1 Å². The number of rotatable bonds is 5. The lowest BCUT2D eigenvalue weighted by molar-refractivity contribution is -0.134. The van der Waals surface area contributed by atoms with Crippen molar-refractivity contribution in [1.82, 2.24) is 4.90 Å². The molecule has 104 valence electrons. The van der Waals surface area contributed by atoms with Crippen molar-refractivity contribution in [3.05, 3.63) is 29.8 Å². The first-order valence-corrected chi connectivity index (χ1v) is 7.10. The molecule has 1 atom stereocenters. The number of amides is 1. The molecule has 0 bridgehead atoms. The summed E-state index contributed by atoms with van der Waals surface area (Å²) in [7, 11) is 0. The van der Waals surface area contributed by atoms with Crippen LogP contribution in [0.25, 0.3) is 0 Å². The zero-order valence-electron chi connectivity index (χ0n) is 10.2. The van der Waals surface area contributed by atoms with E-state index in [2.05, 4.69) is 15.9 Å². The number of fused-ring (bicyclic) bond motifs is 1. The second-order valence-electron chi connectivity index (χ2n) is 4.27. The van der Waals surface area contributed by atoms with Gasteiger partial charge in [0.15, 0.2) is 0 Å². The van der Waals surface area contributed by atoms with Gasteiger partial charge in [-0.1, -0.05) is 34.1 Å². The summed E-state index contributed by atoms with van der Waals surface area (Å²) in [5.41, 5.74) is 0.779. The van der Waals surface area contributed by atoms with Gasteiger partial charge in [-0.05, 0) is 6.07 Å². The van der Waals surface area contributed by atoms with Crippen LogP contribution in [0.4, 0.5) is 8.78 Å². The van der Waals surface area contributed by atoms with Gasteiger partial charge >= 0.3 is 0 Å². The van der Waals surface area contributed by atoms with Gasteiger partial charge in [0.2, 0.25) is 5.91 Å². The van der Waals surface area contributed by atoms with Gasteiger partial charge in [-0.25, -0.2) is 8.78 Å². The van der Waals surface area contributed by atoms with Crippen LogP contribution in [0.2, 0.25) is 0 Å². The van der Waals surface area contributed by atoms with Gasteiger partial charge in [0, 0.05) is 17.4 Å². The number of halogens is 3. The van der Waals surface area contributed by atoms with E-state index in [4.69, 9.17) is 4.74 Å². The lowest BCUT2D eigenvalue weighted by atomic mass is 10.00. The average molecular weight is 334 g/mol. The molecule has 19 heavy (non-hydrogen) atoms. The summed E-state index contributed by atoms with van der Waals surface area (Å²) in [6.45, 7) is -0.0505. The van der Waals surface area contributed by atoms with Crippen LogP contribution in [0, 0.1) is 0 Å². The highest BCUT2D eigenvalue weighted by molar-refractivity contribution is 9.09. The Hall–Kier alpha value is -1.17. The zero-order valence-corrected chi connectivity index (χ0v) is 11.8. The maximum atomic E-state index is 12.5. The third-order valence-corrected chi connectivity index (χ3v) is 3.38. The summed E-state index contributed by atoms with van der Waals surface area (Å²) in [6.07, 6.45) is -2.53. The van der Waals surface area contributed by atoms with Crippen molar-refractivity contribution < 1.29 is 18.3 Å². The maximum Gasteiger partial charge on any atom is 0.255 e. The third kappa shape index (κ3) is 3.23. The Balaban J connectivity index is 2.14. The van der Waals surface area contributed by atoms with Gasteiger partial charge in [-0.2, -0.15) is 0 Å². The molecule has 0 spiro atoms. The standard InChI is InChI=1S/C13H14BrF2NO2/c14-5-6-17(7-12(15)16)13(18)10-8-19-11-4-2-1-3-9(10)11/h1-4,10,12H,5-8H2. The van der Waals surface area contributed by atoms with E-state index < -0.39 is 18.9 Å². The summed E-state index contributed by atoms with van der Waals surface area (Å²) in [4.78, 5) is 13.5. The number of carbonyl (C=O) groups is 1. The van der Waals surface area contributed by atoms with Gasteiger partial charge in [-0.3, -0.25) is 4.79 Å². The highest BCUT2D eigenvalue weighted by Gasteiger charge is 2.33. The van der Waals surface area contributed by atoms with Gasteiger partial charge in [0.05, 0.1) is 6.54 Å². The molecule has 6 heteroatoms. The third-order valence-electron chi connectivity index (χ3n) is 3.02. The van der Waals surface area contributed by atoms with Crippen LogP contribution in [0.15, 0.2) is 24.3 Å². The molecular formula is C13H14BrF2NO2. The highest BCUT2D eigenvalue weighted by atomic mass is 79.9. The number of carbonyl (C=O) groups excluding carboxylic acids is 1. The minimum atomic E-state index is -2.53. The van der Waals surface area contributed by atoms with Crippen molar-refractivity contribution >= 4 is 21.8 Å². The van der Waals surface area contributed by atoms with E-state index in [-0.39, 0.29) is 19.1 Å². The average Bonchev–Trinajstić information content (AvgIpc) is 2.80. The Morgan fingerprint density at radius 2 is 2.21 bits per heavy atom. The zero-order chi connectivity index (χ0) is 13.8. The van der Waals surface area contributed by atoms with Crippen LogP contribution in [0.3, 0.4) is 0 Å². The molecule has 0 saturated carbocycles. The van der Waals surface area contributed by atoms with Crippen LogP contribution in [0.5, 0.6) is 5.75 Å². The van der Waals surface area contributed by atoms with Crippen molar-refractivity contribution in [1.29, 1.82) is 0 Å². The number of hydrogen-bond acceptors (Lipinski definition) is 2. The van der Waals surface area contributed by atoms with Crippen molar-refractivity contribution in [2.45, 2.75) is 12.3 Å². The molecule has 0 N–H and O–H groups in total. The largest absolute Gasteiger partial charge is 0.492 e. The molecule has 1 amide bonds. The minimum Gasteiger partial charge on any atom is -0.492 e. The summed E-state index contributed by atoms with van der Waals surface area (Å²) in [6, 6.07) is 7.22. The molecule has 3 nitrogen and oxygen atoms in total. The van der Waals surface area contributed by atoms with Crippen LogP contribution in [0.1, 0.15) is 11.5 Å². The van der Waals surface area contributed by atoms with Gasteiger partial charge in [0.25, 0.3) is 6.43 Å². The fraction of sp³-hybridized carbons (Fsp3) is 0.462. The van der Waals surface area contributed by atoms with E-state index in [0.29, 0.717) is 11.1 Å². The molecular weight excluding hydrogens is 320 g/mol. The molecule has 0 saturated heterocycles. The second-order valence-corrected chi connectivity index (χ2v) is 5.06. The van der Waals surface area contributed by atoms with E-state index in [0.717, 1.165) is 5.56 Å². The Bertz CT molecular complexity index is 456. The van der Waals surface area contributed by atoms with Crippen LogP contribution < -0.4 is 4.74 Å². The SMILES string of the molecule is O=C(C1COc2ccccc21)N(CCBr)CC(F)F. The summed E-state index contributed by atoms with van der Waals surface area (Å²) >= 11 is 3.18. The van der Waals surface area contributed by atoms with Crippen LogP contribution in [-0.4, -0.2) is 42.3 Å². The molecule has 1 aromatic rings. The van der Waals surface area contributed by atoms with Crippen molar-refractivity contribution in [2.75, 3.05) is 25.0 Å². The molecule has 1 unspecified atom stereocenters. The predicted molar refractivity (Wildman–Crippen MR) is 71.1 cm³/mol. The Morgan fingerprint density at radius 1 is 1.47 bits per heavy atom. The van der Waals surface area contributed by atoms with Crippen molar-refractivity contribution in [2.24, 2.45) is 0 Å². The first-order chi connectivity index (χ1) is 9.13. The molecule has 0 fully saturated rings. The first kappa shape index (κ1) is 14.2. The molecule has 1 aromatic carbocycles. The molecule has 1 aliphatic heterocycles. The molecule has 1 heterocycles. The number of ether oxygens (including phenoxy) is 1. The van der Waals surface area contributed by atoms with E-state index >= 15 is 0 Å². The minimum absolute atomic E-state index is 0.222. The molecule has 0 aliphatic carbocycles. The molecule has 0 aromatic heterocycles. The Kier molecular flexibility index (Phi) is 4.74. The lowest BCUT2D eigenvalue weighted by Crippen LogP contribution is -2.40. The van der Waals surface area contributed by atoms with Crippen LogP contribution in [-0.2, 0) is 4.79 Å². The Morgan fingerprint density at radius 3 is 2.89 bits per heavy atom. The molecule has 2 rings (SSSR count). The predicted octanol–water partition coefficient (Wildman–Crippen LogP) is 2.65. The quantitative estimate of drug-likeness (QED) is 0.775. The summed E-state index contributed by atoms with van der Waals surface area (Å²) in [5, 5.41) is 0.473. The number of benzene rings is 1. The van der Waals surface area contributed by atoms with E-state index in [9.17, 15) is 13.6 Å². The highest BCUT2D eigenvalue weighted by Crippen LogP contribution is 2.34. The van der Waals surface area contributed by atoms with E-state index in [1.54, 1.807) is 12.1 Å². The monoisotopic (exact) mass is 333 g/mol. The second kappa shape index (κ2) is 6.32. The first-order valence-electron chi connectivity index (χ1n) is 5.98. The fourth-order valence-corrected chi connectivity index (χ4v) is 2.58. The number of para-hydroxylation sites is 1. The number of hydrogen-bond donors (Lipinski definition) is 0. The fourth-order valence-electron chi connectivity index (χ4n) is 2.15. The van der Waals surface area contributed by atoms with Crippen molar-refractivity contribution in [3.63, 3.8) is 0 Å². The van der Waals surface area contributed by atoms with Crippen molar-refractivity contribution in [3.8, 4) is 5.75 Å². The topological polar surface area (TPSA) is 29.5 Å². The maximum absolute atomic E-state index is 12.5. The van der Waals surface area contributed by atoms with Crippen LogP contribution >= 0.6 is 15.9 Å². The smallest absolute Gasteiger partial charge is 0.255 e. The number of nitrogens with zero attached hydrogens (tertiary/aromatic N) is 1. The van der Waals surface area contributed by atoms with Gasteiger partial charge in [0.1, 0.15) is 18.3 Å².